The molecule has 0 radical (unpaired) electrons. The van der Waals surface area contributed by atoms with Crippen LogP contribution in [0.15, 0.2) is 47.4 Å². The van der Waals surface area contributed by atoms with Crippen LogP contribution in [0.25, 0.3) is 11.3 Å². The number of benzene rings is 1. The number of aliphatic hydroxyl groups is 2. The summed E-state index contributed by atoms with van der Waals surface area (Å²) in [4.78, 5) is 32.7. The van der Waals surface area contributed by atoms with E-state index in [0.29, 0.717) is 17.1 Å². The first-order valence-corrected chi connectivity index (χ1v) is 11.8. The van der Waals surface area contributed by atoms with Crippen molar-refractivity contribution in [2.75, 3.05) is 19.8 Å². The predicted molar refractivity (Wildman–Crippen MR) is 134 cm³/mol. The zero-order chi connectivity index (χ0) is 26.1. The zero-order valence-corrected chi connectivity index (χ0v) is 20.6. The van der Waals surface area contributed by atoms with Crippen LogP contribution < -0.4 is 20.6 Å². The maximum absolute atomic E-state index is 12.8. The number of H-pyrrole nitrogens is 1. The van der Waals surface area contributed by atoms with Crippen LogP contribution in [0.4, 0.5) is 0 Å². The van der Waals surface area contributed by atoms with Gasteiger partial charge in [-0.25, -0.2) is 4.98 Å². The molecule has 0 saturated heterocycles. The van der Waals surface area contributed by atoms with Gasteiger partial charge in [-0.05, 0) is 33.3 Å². The van der Waals surface area contributed by atoms with Crippen molar-refractivity contribution < 1.29 is 24.5 Å². The van der Waals surface area contributed by atoms with Gasteiger partial charge in [-0.2, -0.15) is 0 Å². The fraction of sp³-hybridized carbons (Fsp3) is 0.370. The quantitative estimate of drug-likeness (QED) is 0.333. The van der Waals surface area contributed by atoms with Gasteiger partial charge in [-0.3, -0.25) is 9.59 Å². The number of aromatic amines is 1. The zero-order valence-electron chi connectivity index (χ0n) is 20.6. The summed E-state index contributed by atoms with van der Waals surface area (Å²) in [6, 6.07) is 10.7. The number of Topliss-reactive ketones (excluding diaryl/α,β-unsaturated/α-hetero) is 1. The number of aryl methyl sites for hydroxylation is 1. The molecule has 2 unspecified atom stereocenters. The lowest BCUT2D eigenvalue weighted by molar-refractivity contribution is 0.0396. The van der Waals surface area contributed by atoms with E-state index in [-0.39, 0.29) is 44.1 Å². The second-order valence-electron chi connectivity index (χ2n) is 9.65. The second-order valence-corrected chi connectivity index (χ2v) is 9.65. The molecule has 3 aromatic rings. The standard InChI is InChI=1S/C27H31N3O6/c1-16-4-6-17(7-5-16)24-25-19(26(2,28)15-36-25)12-22(30-24)27(3,34)9-8-20(32)18-14-29-23(13-21(18)33)35-11-10-31/h4-7,12-14,31,34H,8-11,15,28H2,1-3H3,(H,29,33). The Morgan fingerprint density at radius 3 is 2.69 bits per heavy atom. The molecule has 2 aromatic heterocycles. The molecule has 0 saturated carbocycles. The monoisotopic (exact) mass is 493 g/mol. The molecule has 0 fully saturated rings. The molecule has 9 nitrogen and oxygen atoms in total. The van der Waals surface area contributed by atoms with Crippen molar-refractivity contribution in [2.45, 2.75) is 44.8 Å². The number of nitrogens with zero attached hydrogens (tertiary/aromatic N) is 1. The summed E-state index contributed by atoms with van der Waals surface area (Å²) in [6.07, 6.45) is 1.24. The number of pyridine rings is 2. The molecule has 3 heterocycles. The highest BCUT2D eigenvalue weighted by atomic mass is 16.5. The van der Waals surface area contributed by atoms with E-state index in [1.165, 1.54) is 12.3 Å². The molecule has 4 rings (SSSR count). The Balaban J connectivity index is 1.61. The van der Waals surface area contributed by atoms with Crippen molar-refractivity contribution in [3.05, 3.63) is 75.2 Å². The topological polar surface area (TPSA) is 148 Å². The van der Waals surface area contributed by atoms with Gasteiger partial charge in [0.2, 0.25) is 0 Å². The summed E-state index contributed by atoms with van der Waals surface area (Å²) in [5.41, 5.74) is 7.34. The summed E-state index contributed by atoms with van der Waals surface area (Å²) in [5, 5.41) is 20.2. The molecule has 0 amide bonds. The highest BCUT2D eigenvalue weighted by Crippen LogP contribution is 2.43. The van der Waals surface area contributed by atoms with Gasteiger partial charge in [0.1, 0.15) is 24.5 Å². The van der Waals surface area contributed by atoms with Crippen LogP contribution in [-0.2, 0) is 11.1 Å². The van der Waals surface area contributed by atoms with Crippen molar-refractivity contribution in [3.8, 4) is 22.9 Å². The normalized spacial score (nSPS) is 18.3. The average Bonchev–Trinajstić information content (AvgIpc) is 3.16. The van der Waals surface area contributed by atoms with Crippen molar-refractivity contribution in [1.29, 1.82) is 0 Å². The highest BCUT2D eigenvalue weighted by molar-refractivity contribution is 5.95. The van der Waals surface area contributed by atoms with Crippen molar-refractivity contribution >= 4 is 5.78 Å². The summed E-state index contributed by atoms with van der Waals surface area (Å²) in [6.45, 7) is 5.56. The van der Waals surface area contributed by atoms with E-state index in [9.17, 15) is 14.7 Å². The Hall–Kier alpha value is -3.53. The Labute approximate surface area is 208 Å². The second kappa shape index (κ2) is 9.85. The van der Waals surface area contributed by atoms with E-state index in [4.69, 9.17) is 25.3 Å². The minimum atomic E-state index is -1.47. The molecule has 2 atom stereocenters. The van der Waals surface area contributed by atoms with E-state index in [1.54, 1.807) is 13.0 Å². The predicted octanol–water partition coefficient (Wildman–Crippen LogP) is 2.55. The largest absolute Gasteiger partial charge is 0.489 e. The number of rotatable bonds is 9. The smallest absolute Gasteiger partial charge is 0.196 e. The van der Waals surface area contributed by atoms with E-state index in [0.717, 1.165) is 16.7 Å². The highest BCUT2D eigenvalue weighted by Gasteiger charge is 2.38. The Morgan fingerprint density at radius 2 is 2.03 bits per heavy atom. The number of carbonyl (C=O) groups excluding carboxylic acids is 1. The van der Waals surface area contributed by atoms with Gasteiger partial charge in [-0.15, -0.1) is 0 Å². The van der Waals surface area contributed by atoms with Gasteiger partial charge < -0.3 is 30.4 Å². The lowest BCUT2D eigenvalue weighted by atomic mass is 9.88. The van der Waals surface area contributed by atoms with E-state index in [2.05, 4.69) is 4.98 Å². The molecule has 190 valence electrons. The number of aliphatic hydroxyl groups excluding tert-OH is 1. The lowest BCUT2D eigenvalue weighted by Gasteiger charge is -2.25. The Morgan fingerprint density at radius 1 is 1.31 bits per heavy atom. The molecule has 0 bridgehead atoms. The van der Waals surface area contributed by atoms with Crippen molar-refractivity contribution in [1.82, 2.24) is 9.97 Å². The first-order valence-electron chi connectivity index (χ1n) is 11.8. The minimum absolute atomic E-state index is 0.0251. The number of fused-ring (bicyclic) bond motifs is 1. The molecular weight excluding hydrogens is 462 g/mol. The minimum Gasteiger partial charge on any atom is -0.489 e. The van der Waals surface area contributed by atoms with Crippen LogP contribution in [-0.4, -0.2) is 45.8 Å². The maximum atomic E-state index is 12.8. The third-order valence-electron chi connectivity index (χ3n) is 6.36. The molecule has 36 heavy (non-hydrogen) atoms. The third-order valence-corrected chi connectivity index (χ3v) is 6.36. The number of carbonyl (C=O) groups is 1. The lowest BCUT2D eigenvalue weighted by Crippen LogP contribution is -2.35. The first-order chi connectivity index (χ1) is 17.0. The summed E-state index contributed by atoms with van der Waals surface area (Å²) in [7, 11) is 0. The maximum Gasteiger partial charge on any atom is 0.196 e. The van der Waals surface area contributed by atoms with Gasteiger partial charge in [0.25, 0.3) is 0 Å². The SMILES string of the molecule is Cc1ccc(-c2nc(C(C)(O)CCC(=O)c3c[nH]c(OCCO)cc3=O)cc3c2OCC3(C)N)cc1. The summed E-state index contributed by atoms with van der Waals surface area (Å²) < 4.78 is 11.1. The van der Waals surface area contributed by atoms with Gasteiger partial charge in [-0.1, -0.05) is 29.8 Å². The number of hydrogen-bond acceptors (Lipinski definition) is 8. The fourth-order valence-electron chi connectivity index (χ4n) is 4.12. The number of nitrogens with two attached hydrogens (primary N) is 1. The number of hydrogen-bond donors (Lipinski definition) is 4. The van der Waals surface area contributed by atoms with Crippen LogP contribution in [0.1, 0.15) is 53.9 Å². The van der Waals surface area contributed by atoms with Crippen molar-refractivity contribution in [2.24, 2.45) is 5.73 Å². The fourth-order valence-corrected chi connectivity index (χ4v) is 4.12. The molecular formula is C27H31N3O6. The molecule has 1 aromatic carbocycles. The van der Waals surface area contributed by atoms with Crippen LogP contribution >= 0.6 is 0 Å². The van der Waals surface area contributed by atoms with Crippen LogP contribution in [0, 0.1) is 6.92 Å². The molecule has 1 aliphatic heterocycles. The van der Waals surface area contributed by atoms with Crippen molar-refractivity contribution in [3.63, 3.8) is 0 Å². The van der Waals surface area contributed by atoms with Crippen LogP contribution in [0.3, 0.4) is 0 Å². The third kappa shape index (κ3) is 5.18. The number of ether oxygens (including phenoxy) is 2. The first kappa shape index (κ1) is 25.6. The van der Waals surface area contributed by atoms with Gasteiger partial charge in [0, 0.05) is 29.8 Å². The van der Waals surface area contributed by atoms with Gasteiger partial charge in [0.15, 0.2) is 22.8 Å². The van der Waals surface area contributed by atoms with E-state index < -0.39 is 22.4 Å². The van der Waals surface area contributed by atoms with Crippen LogP contribution in [0.5, 0.6) is 11.6 Å². The molecule has 0 aliphatic carbocycles. The van der Waals surface area contributed by atoms with Gasteiger partial charge >= 0.3 is 0 Å². The van der Waals surface area contributed by atoms with E-state index >= 15 is 0 Å². The average molecular weight is 494 g/mol. The summed E-state index contributed by atoms with van der Waals surface area (Å²) in [5.74, 6) is 0.335. The Kier molecular flexibility index (Phi) is 6.99. The Bertz CT molecular complexity index is 1330. The molecule has 5 N–H and O–H groups in total. The number of ketones is 1. The van der Waals surface area contributed by atoms with E-state index in [1.807, 2.05) is 38.1 Å². The molecule has 9 heteroatoms. The number of aromatic nitrogens is 2. The number of nitrogens with one attached hydrogen (secondary N) is 1. The van der Waals surface area contributed by atoms with Crippen LogP contribution in [0.2, 0.25) is 0 Å². The summed E-state index contributed by atoms with van der Waals surface area (Å²) >= 11 is 0. The molecule has 1 aliphatic rings. The molecule has 0 spiro atoms. The van der Waals surface area contributed by atoms with Gasteiger partial charge in [0.05, 0.1) is 23.4 Å².